The number of morpholine rings is 1. The van der Waals surface area contributed by atoms with Gasteiger partial charge in [-0.2, -0.15) is 0 Å². The number of carbonyl (C=O) groups is 2. The number of ether oxygens (including phenoxy) is 1. The predicted octanol–water partition coefficient (Wildman–Crippen LogP) is 3.22. The van der Waals surface area contributed by atoms with Gasteiger partial charge < -0.3 is 20.3 Å². The maximum absolute atomic E-state index is 12.5. The van der Waals surface area contributed by atoms with E-state index in [1.165, 1.54) is 0 Å². The molecule has 2 aromatic rings. The molecule has 1 aromatic heterocycles. The summed E-state index contributed by atoms with van der Waals surface area (Å²) in [6.45, 7) is 8.26. The van der Waals surface area contributed by atoms with Gasteiger partial charge in [0.15, 0.2) is 0 Å². The lowest BCUT2D eigenvalue weighted by atomic mass is 10.1. The Morgan fingerprint density at radius 3 is 2.32 bits per heavy atom. The first-order chi connectivity index (χ1) is 14.9. The number of rotatable bonds is 6. The highest BCUT2D eigenvalue weighted by molar-refractivity contribution is 5.96. The molecule has 2 heterocycles. The molecule has 1 aliphatic heterocycles. The zero-order chi connectivity index (χ0) is 22.0. The number of anilines is 2. The summed E-state index contributed by atoms with van der Waals surface area (Å²) in [5.74, 6) is 1.41. The Hall–Kier alpha value is -2.93. The number of hydrogen-bond acceptors (Lipinski definition) is 5. The summed E-state index contributed by atoms with van der Waals surface area (Å²) < 4.78 is 5.77. The van der Waals surface area contributed by atoms with E-state index in [0.29, 0.717) is 23.7 Å². The topological polar surface area (TPSA) is 83.6 Å². The Balaban J connectivity index is 1.28. The van der Waals surface area contributed by atoms with E-state index in [9.17, 15) is 9.59 Å². The number of nitrogens with one attached hydrogen (secondary N) is 2. The standard InChI is InChI=1S/C24H30N4O3/c1-15-10-21(15)24(30)27-20-7-5-19(6-8-20)23(29)26-12-18-4-9-22(25-11-18)28-13-16(2)31-17(3)14-28/h4-9,11,15-17,21H,10,12-14H2,1-3H3,(H,26,29)(H,27,30). The summed E-state index contributed by atoms with van der Waals surface area (Å²) in [6.07, 6.45) is 3.12. The fraction of sp³-hybridized carbons (Fsp3) is 0.458. The highest BCUT2D eigenvalue weighted by atomic mass is 16.5. The zero-order valence-electron chi connectivity index (χ0n) is 18.3. The van der Waals surface area contributed by atoms with Crippen molar-refractivity contribution in [2.45, 2.75) is 45.9 Å². The van der Waals surface area contributed by atoms with Gasteiger partial charge in [-0.3, -0.25) is 9.59 Å². The first-order valence-corrected chi connectivity index (χ1v) is 10.9. The first-order valence-electron chi connectivity index (χ1n) is 10.9. The van der Waals surface area contributed by atoms with Crippen LogP contribution in [0.3, 0.4) is 0 Å². The molecule has 0 spiro atoms. The van der Waals surface area contributed by atoms with Gasteiger partial charge in [-0.1, -0.05) is 13.0 Å². The third-order valence-electron chi connectivity index (χ3n) is 5.87. The van der Waals surface area contributed by atoms with Crippen molar-refractivity contribution in [1.82, 2.24) is 10.3 Å². The molecule has 4 rings (SSSR count). The molecule has 164 valence electrons. The largest absolute Gasteiger partial charge is 0.372 e. The average Bonchev–Trinajstić information content (AvgIpc) is 3.49. The van der Waals surface area contributed by atoms with E-state index in [2.05, 4.69) is 41.3 Å². The fourth-order valence-electron chi connectivity index (χ4n) is 3.98. The van der Waals surface area contributed by atoms with Gasteiger partial charge in [-0.25, -0.2) is 4.98 Å². The van der Waals surface area contributed by atoms with Crippen LogP contribution in [0.4, 0.5) is 11.5 Å². The molecule has 1 aliphatic carbocycles. The third-order valence-corrected chi connectivity index (χ3v) is 5.87. The molecule has 0 bridgehead atoms. The van der Waals surface area contributed by atoms with Crippen molar-refractivity contribution in [2.75, 3.05) is 23.3 Å². The fourth-order valence-corrected chi connectivity index (χ4v) is 3.98. The van der Waals surface area contributed by atoms with Gasteiger partial charge in [0.1, 0.15) is 5.82 Å². The molecule has 31 heavy (non-hydrogen) atoms. The molecule has 1 aromatic carbocycles. The Morgan fingerprint density at radius 1 is 1.06 bits per heavy atom. The molecule has 2 aliphatic rings. The van der Waals surface area contributed by atoms with Gasteiger partial charge in [0.25, 0.3) is 5.91 Å². The van der Waals surface area contributed by atoms with Crippen LogP contribution in [0.25, 0.3) is 0 Å². The number of amides is 2. The zero-order valence-corrected chi connectivity index (χ0v) is 18.3. The van der Waals surface area contributed by atoms with Gasteiger partial charge in [0.2, 0.25) is 5.91 Å². The molecule has 7 nitrogen and oxygen atoms in total. The van der Waals surface area contributed by atoms with Gasteiger partial charge >= 0.3 is 0 Å². The third kappa shape index (κ3) is 5.41. The van der Waals surface area contributed by atoms with Crippen molar-refractivity contribution in [2.24, 2.45) is 11.8 Å². The maximum Gasteiger partial charge on any atom is 0.251 e. The lowest BCUT2D eigenvalue weighted by Crippen LogP contribution is -2.45. The molecular weight excluding hydrogens is 392 g/mol. The molecule has 4 unspecified atom stereocenters. The Kier molecular flexibility index (Phi) is 6.23. The lowest BCUT2D eigenvalue weighted by molar-refractivity contribution is -0.117. The van der Waals surface area contributed by atoms with E-state index < -0.39 is 0 Å². The Bertz CT molecular complexity index is 919. The smallest absolute Gasteiger partial charge is 0.251 e. The minimum atomic E-state index is -0.159. The van der Waals surface area contributed by atoms with Crippen LogP contribution >= 0.6 is 0 Å². The van der Waals surface area contributed by atoms with E-state index in [4.69, 9.17) is 4.74 Å². The second-order valence-corrected chi connectivity index (χ2v) is 8.76. The summed E-state index contributed by atoms with van der Waals surface area (Å²) in [5, 5.41) is 5.83. The van der Waals surface area contributed by atoms with Gasteiger partial charge in [-0.15, -0.1) is 0 Å². The van der Waals surface area contributed by atoms with Crippen LogP contribution in [-0.2, 0) is 16.1 Å². The lowest BCUT2D eigenvalue weighted by Gasteiger charge is -2.36. The number of aromatic nitrogens is 1. The van der Waals surface area contributed by atoms with E-state index in [0.717, 1.165) is 30.9 Å². The SMILES string of the molecule is CC1CN(c2ccc(CNC(=O)c3ccc(NC(=O)C4CC4C)cc3)cn2)CC(C)O1. The molecule has 1 saturated carbocycles. The van der Waals surface area contributed by atoms with Crippen molar-refractivity contribution < 1.29 is 14.3 Å². The molecule has 1 saturated heterocycles. The molecule has 2 amide bonds. The summed E-state index contributed by atoms with van der Waals surface area (Å²) in [4.78, 5) is 31.3. The van der Waals surface area contributed by atoms with Crippen LogP contribution in [0.15, 0.2) is 42.6 Å². The highest BCUT2D eigenvalue weighted by Crippen LogP contribution is 2.38. The predicted molar refractivity (Wildman–Crippen MR) is 120 cm³/mol. The van der Waals surface area contributed by atoms with Gasteiger partial charge in [0.05, 0.1) is 12.2 Å². The summed E-state index contributed by atoms with van der Waals surface area (Å²) in [5.41, 5.74) is 2.21. The van der Waals surface area contributed by atoms with Crippen LogP contribution in [0.1, 0.15) is 43.1 Å². The summed E-state index contributed by atoms with van der Waals surface area (Å²) >= 11 is 0. The second kappa shape index (κ2) is 9.06. The molecule has 2 fully saturated rings. The van der Waals surface area contributed by atoms with Crippen LogP contribution in [0, 0.1) is 11.8 Å². The van der Waals surface area contributed by atoms with E-state index in [1.54, 1.807) is 30.5 Å². The number of hydrogen-bond donors (Lipinski definition) is 2. The van der Waals surface area contributed by atoms with Crippen LogP contribution in [0.2, 0.25) is 0 Å². The van der Waals surface area contributed by atoms with Crippen molar-refractivity contribution in [3.8, 4) is 0 Å². The van der Waals surface area contributed by atoms with E-state index >= 15 is 0 Å². The number of benzene rings is 1. The minimum Gasteiger partial charge on any atom is -0.372 e. The Morgan fingerprint density at radius 2 is 1.74 bits per heavy atom. The Labute approximate surface area is 183 Å². The molecular formula is C24H30N4O3. The van der Waals surface area contributed by atoms with E-state index in [1.807, 2.05) is 12.1 Å². The van der Waals surface area contributed by atoms with Gasteiger partial charge in [-0.05, 0) is 62.1 Å². The number of nitrogens with zero attached hydrogens (tertiary/aromatic N) is 2. The van der Waals surface area contributed by atoms with Crippen LogP contribution in [-0.4, -0.2) is 42.1 Å². The van der Waals surface area contributed by atoms with Crippen molar-refractivity contribution >= 4 is 23.3 Å². The average molecular weight is 423 g/mol. The highest BCUT2D eigenvalue weighted by Gasteiger charge is 2.39. The number of pyridine rings is 1. The van der Waals surface area contributed by atoms with Crippen LogP contribution < -0.4 is 15.5 Å². The van der Waals surface area contributed by atoms with Crippen LogP contribution in [0.5, 0.6) is 0 Å². The minimum absolute atomic E-state index is 0.0571. The van der Waals surface area contributed by atoms with E-state index in [-0.39, 0.29) is 29.9 Å². The molecule has 2 N–H and O–H groups in total. The van der Waals surface area contributed by atoms with Crippen molar-refractivity contribution in [3.05, 3.63) is 53.7 Å². The van der Waals surface area contributed by atoms with Crippen molar-refractivity contribution in [1.29, 1.82) is 0 Å². The quantitative estimate of drug-likeness (QED) is 0.747. The van der Waals surface area contributed by atoms with Gasteiger partial charge in [0, 0.05) is 43.0 Å². The summed E-state index contributed by atoms with van der Waals surface area (Å²) in [7, 11) is 0. The summed E-state index contributed by atoms with van der Waals surface area (Å²) in [6, 6.07) is 11.0. The maximum atomic E-state index is 12.5. The first kappa shape index (κ1) is 21.3. The molecule has 7 heteroatoms. The monoisotopic (exact) mass is 422 g/mol. The van der Waals surface area contributed by atoms with Crippen molar-refractivity contribution in [3.63, 3.8) is 0 Å². The molecule has 0 radical (unpaired) electrons. The molecule has 4 atom stereocenters. The normalized spacial score (nSPS) is 25.1. The second-order valence-electron chi connectivity index (χ2n) is 8.76. The number of carbonyl (C=O) groups excluding carboxylic acids is 2.